The summed E-state index contributed by atoms with van der Waals surface area (Å²) in [4.78, 5) is 25.0. The van der Waals surface area contributed by atoms with Gasteiger partial charge in [-0.25, -0.2) is 4.98 Å². The minimum atomic E-state index is -4.60. The molecule has 4 rings (SSSR count). The maximum atomic E-state index is 13.6. The molecule has 0 radical (unpaired) electrons. The van der Waals surface area contributed by atoms with Gasteiger partial charge >= 0.3 is 6.18 Å². The summed E-state index contributed by atoms with van der Waals surface area (Å²) in [5.74, 6) is -0.316. The second-order valence-electron chi connectivity index (χ2n) is 9.81. The summed E-state index contributed by atoms with van der Waals surface area (Å²) in [5, 5.41) is 5.86. The molecule has 11 heteroatoms. The van der Waals surface area contributed by atoms with E-state index in [-0.39, 0.29) is 35.8 Å². The van der Waals surface area contributed by atoms with Crippen LogP contribution in [0.3, 0.4) is 0 Å². The van der Waals surface area contributed by atoms with E-state index in [0.717, 1.165) is 51.4 Å². The minimum absolute atomic E-state index is 0.0254. The first kappa shape index (κ1) is 26.2. The first-order chi connectivity index (χ1) is 17.1. The number of amides is 1. The summed E-state index contributed by atoms with van der Waals surface area (Å²) in [6.07, 6.45) is 1.37. The number of carbonyl (C=O) groups excluding carboxylic acids is 1. The van der Waals surface area contributed by atoms with E-state index >= 15 is 0 Å². The topological polar surface area (TPSA) is 99.4 Å². The molecular weight excluding hydrogens is 471 g/mol. The molecule has 1 amide bonds. The number of halogens is 3. The highest BCUT2D eigenvalue weighted by Crippen LogP contribution is 2.35. The van der Waals surface area contributed by atoms with Crippen LogP contribution in [0.25, 0.3) is 0 Å². The summed E-state index contributed by atoms with van der Waals surface area (Å²) in [6, 6.07) is 6.47. The van der Waals surface area contributed by atoms with Gasteiger partial charge in [0, 0.05) is 42.6 Å². The van der Waals surface area contributed by atoms with E-state index in [1.807, 2.05) is 7.05 Å². The highest BCUT2D eigenvalue weighted by molar-refractivity contribution is 5.94. The fourth-order valence-electron chi connectivity index (χ4n) is 4.85. The fourth-order valence-corrected chi connectivity index (χ4v) is 4.85. The quantitative estimate of drug-likeness (QED) is 0.544. The molecule has 1 saturated heterocycles. The lowest BCUT2D eigenvalue weighted by Gasteiger charge is -2.35. The van der Waals surface area contributed by atoms with Gasteiger partial charge in [0.15, 0.2) is 0 Å². The van der Waals surface area contributed by atoms with Crippen LogP contribution in [0.1, 0.15) is 54.4 Å². The van der Waals surface area contributed by atoms with Crippen molar-refractivity contribution in [3.8, 4) is 0 Å². The Hall–Kier alpha value is -2.92. The highest BCUT2D eigenvalue weighted by Gasteiger charge is 2.36. The molecule has 0 bridgehead atoms. The lowest BCUT2D eigenvalue weighted by atomic mass is 9.91. The molecule has 1 aliphatic carbocycles. The highest BCUT2D eigenvalue weighted by atomic mass is 19.4. The average Bonchev–Trinajstić information content (AvgIpc) is 2.85. The Morgan fingerprint density at radius 2 is 1.78 bits per heavy atom. The fraction of sp³-hybridized carbons (Fsp3) is 0.560. The van der Waals surface area contributed by atoms with Gasteiger partial charge in [-0.2, -0.15) is 18.2 Å². The van der Waals surface area contributed by atoms with E-state index in [4.69, 9.17) is 5.73 Å². The number of nitrogens with zero attached hydrogens (tertiary/aromatic N) is 4. The van der Waals surface area contributed by atoms with Crippen molar-refractivity contribution in [3.05, 3.63) is 41.6 Å². The zero-order valence-corrected chi connectivity index (χ0v) is 20.7. The zero-order chi connectivity index (χ0) is 25.9. The van der Waals surface area contributed by atoms with Crippen LogP contribution in [0.4, 0.5) is 30.6 Å². The Kier molecular flexibility index (Phi) is 7.99. The molecule has 0 unspecified atom stereocenters. The van der Waals surface area contributed by atoms with Crippen LogP contribution in [0.15, 0.2) is 30.5 Å². The van der Waals surface area contributed by atoms with Crippen molar-refractivity contribution in [2.24, 2.45) is 5.73 Å². The maximum absolute atomic E-state index is 13.6. The number of anilines is 3. The van der Waals surface area contributed by atoms with Gasteiger partial charge in [0.05, 0.1) is 0 Å². The van der Waals surface area contributed by atoms with E-state index in [1.54, 1.807) is 29.2 Å². The third kappa shape index (κ3) is 6.25. The van der Waals surface area contributed by atoms with Crippen molar-refractivity contribution in [2.75, 3.05) is 37.8 Å². The molecule has 1 aromatic heterocycles. The Labute approximate surface area is 209 Å². The van der Waals surface area contributed by atoms with E-state index in [9.17, 15) is 18.0 Å². The SMILES string of the molecule is CN1CCC(N(C)C(=O)c2ccc(Nc3ncc(C(F)(F)F)c(N[C@@H]4CCCC[C@@H]4N)n3)cc2)CC1. The largest absolute Gasteiger partial charge is 0.421 e. The molecule has 36 heavy (non-hydrogen) atoms. The number of rotatable bonds is 6. The molecule has 8 nitrogen and oxygen atoms in total. The monoisotopic (exact) mass is 505 g/mol. The van der Waals surface area contributed by atoms with Crippen LogP contribution >= 0.6 is 0 Å². The molecule has 1 aliphatic heterocycles. The van der Waals surface area contributed by atoms with Gasteiger partial charge in [-0.1, -0.05) is 12.8 Å². The molecule has 2 fully saturated rings. The number of alkyl halides is 3. The van der Waals surface area contributed by atoms with Crippen LogP contribution in [0.2, 0.25) is 0 Å². The number of aromatic nitrogens is 2. The lowest BCUT2D eigenvalue weighted by molar-refractivity contribution is -0.137. The number of nitrogens with two attached hydrogens (primary N) is 1. The van der Waals surface area contributed by atoms with E-state index in [0.29, 0.717) is 17.7 Å². The molecular formula is C25H34F3N7O. The van der Waals surface area contributed by atoms with Crippen LogP contribution in [-0.4, -0.2) is 71.0 Å². The van der Waals surface area contributed by atoms with Gasteiger partial charge < -0.3 is 26.2 Å². The Morgan fingerprint density at radius 1 is 1.11 bits per heavy atom. The van der Waals surface area contributed by atoms with Crippen molar-refractivity contribution in [1.82, 2.24) is 19.8 Å². The normalized spacial score (nSPS) is 21.7. The smallest absolute Gasteiger partial charge is 0.365 e. The van der Waals surface area contributed by atoms with Gasteiger partial charge in [-0.3, -0.25) is 4.79 Å². The van der Waals surface area contributed by atoms with Crippen LogP contribution in [-0.2, 0) is 6.18 Å². The first-order valence-electron chi connectivity index (χ1n) is 12.4. The van der Waals surface area contributed by atoms with Gasteiger partial charge in [0.1, 0.15) is 11.4 Å². The number of carbonyl (C=O) groups is 1. The molecule has 4 N–H and O–H groups in total. The molecule has 2 heterocycles. The third-order valence-corrected chi connectivity index (χ3v) is 7.18. The number of nitrogens with one attached hydrogen (secondary N) is 2. The Morgan fingerprint density at radius 3 is 2.42 bits per heavy atom. The standard InChI is InChI=1S/C25H34F3N7O/c1-34-13-11-18(12-14-34)35(2)23(36)16-7-9-17(10-8-16)31-24-30-15-19(25(26,27)28)22(33-24)32-21-6-4-3-5-20(21)29/h7-10,15,18,20-21H,3-6,11-14,29H2,1-2H3,(H2,30,31,32,33)/t20-,21+/m0/s1. The van der Waals surface area contributed by atoms with Crippen LogP contribution < -0.4 is 16.4 Å². The molecule has 196 valence electrons. The van der Waals surface area contributed by atoms with E-state index in [1.165, 1.54) is 0 Å². The van der Waals surface area contributed by atoms with Crippen molar-refractivity contribution >= 4 is 23.4 Å². The molecule has 1 aromatic carbocycles. The number of benzene rings is 1. The zero-order valence-electron chi connectivity index (χ0n) is 20.7. The summed E-state index contributed by atoms with van der Waals surface area (Å²) in [5.41, 5.74) is 6.31. The van der Waals surface area contributed by atoms with Crippen LogP contribution in [0.5, 0.6) is 0 Å². The van der Waals surface area contributed by atoms with E-state index in [2.05, 4.69) is 32.5 Å². The van der Waals surface area contributed by atoms with E-state index < -0.39 is 11.7 Å². The van der Waals surface area contributed by atoms with Gasteiger partial charge in [-0.05, 0) is 70.1 Å². The second kappa shape index (κ2) is 11.0. The van der Waals surface area contributed by atoms with Crippen molar-refractivity contribution in [2.45, 2.75) is 62.8 Å². The summed E-state index contributed by atoms with van der Waals surface area (Å²) < 4.78 is 40.8. The Balaban J connectivity index is 1.46. The van der Waals surface area contributed by atoms with Crippen LogP contribution in [0, 0.1) is 0 Å². The molecule has 0 spiro atoms. The predicted molar refractivity (Wildman–Crippen MR) is 133 cm³/mol. The third-order valence-electron chi connectivity index (χ3n) is 7.18. The van der Waals surface area contributed by atoms with Crippen molar-refractivity contribution in [1.29, 1.82) is 0 Å². The predicted octanol–water partition coefficient (Wildman–Crippen LogP) is 4.09. The molecule has 2 aromatic rings. The summed E-state index contributed by atoms with van der Waals surface area (Å²) >= 11 is 0. The number of hydrogen-bond acceptors (Lipinski definition) is 7. The van der Waals surface area contributed by atoms with Gasteiger partial charge in [0.25, 0.3) is 5.91 Å². The van der Waals surface area contributed by atoms with Gasteiger partial charge in [-0.15, -0.1) is 0 Å². The number of hydrogen-bond donors (Lipinski definition) is 3. The number of piperidine rings is 1. The average molecular weight is 506 g/mol. The first-order valence-corrected chi connectivity index (χ1v) is 12.4. The minimum Gasteiger partial charge on any atom is -0.365 e. The summed E-state index contributed by atoms with van der Waals surface area (Å²) in [7, 11) is 3.90. The second-order valence-corrected chi connectivity index (χ2v) is 9.81. The maximum Gasteiger partial charge on any atom is 0.421 e. The van der Waals surface area contributed by atoms with Crippen molar-refractivity contribution < 1.29 is 18.0 Å². The van der Waals surface area contributed by atoms with Crippen molar-refractivity contribution in [3.63, 3.8) is 0 Å². The number of likely N-dealkylation sites (tertiary alicyclic amines) is 1. The van der Waals surface area contributed by atoms with Gasteiger partial charge in [0.2, 0.25) is 5.95 Å². The molecule has 2 atom stereocenters. The lowest BCUT2D eigenvalue weighted by Crippen LogP contribution is -2.44. The Bertz CT molecular complexity index is 1040. The molecule has 2 aliphatic rings. The molecule has 1 saturated carbocycles. The summed E-state index contributed by atoms with van der Waals surface area (Å²) in [6.45, 7) is 1.92.